The second-order valence-corrected chi connectivity index (χ2v) is 4.02. The zero-order valence-corrected chi connectivity index (χ0v) is 8.25. The largest absolute Gasteiger partial charge is 0.481 e. The van der Waals surface area contributed by atoms with E-state index in [2.05, 4.69) is 5.32 Å². The van der Waals surface area contributed by atoms with Crippen LogP contribution < -0.4 is 5.32 Å². The first-order valence-corrected chi connectivity index (χ1v) is 5.13. The molecule has 0 amide bonds. The fourth-order valence-corrected chi connectivity index (χ4v) is 1.93. The van der Waals surface area contributed by atoms with Crippen LogP contribution in [-0.4, -0.2) is 24.2 Å². The number of hydrogen-bond donors (Lipinski definition) is 2. The highest BCUT2D eigenvalue weighted by Gasteiger charge is 2.18. The summed E-state index contributed by atoms with van der Waals surface area (Å²) in [7, 11) is 0. The fraction of sp³-hybridized carbons (Fsp3) is 0.900. The van der Waals surface area contributed by atoms with Crippen LogP contribution in [0.2, 0.25) is 0 Å². The Hall–Kier alpha value is -0.570. The Bertz CT molecular complexity index is 162. The molecular weight excluding hydrogens is 166 g/mol. The average Bonchev–Trinajstić information content (AvgIpc) is 2.32. The highest BCUT2D eigenvalue weighted by Crippen LogP contribution is 2.21. The molecule has 0 aromatic carbocycles. The van der Waals surface area contributed by atoms with Crippen molar-refractivity contribution in [1.29, 1.82) is 0 Å². The van der Waals surface area contributed by atoms with Crippen molar-refractivity contribution in [1.82, 2.24) is 5.32 Å². The number of carboxylic acids is 1. The van der Waals surface area contributed by atoms with Gasteiger partial charge in [-0.05, 0) is 44.7 Å². The van der Waals surface area contributed by atoms with E-state index in [4.69, 9.17) is 5.11 Å². The molecule has 2 unspecified atom stereocenters. The maximum Gasteiger partial charge on any atom is 0.306 e. The Morgan fingerprint density at radius 1 is 1.54 bits per heavy atom. The second-order valence-electron chi connectivity index (χ2n) is 4.02. The van der Waals surface area contributed by atoms with Gasteiger partial charge in [0, 0.05) is 0 Å². The van der Waals surface area contributed by atoms with E-state index in [0.717, 1.165) is 25.9 Å². The van der Waals surface area contributed by atoms with Crippen molar-refractivity contribution in [3.05, 3.63) is 0 Å². The number of aliphatic carboxylic acids is 1. The van der Waals surface area contributed by atoms with Crippen molar-refractivity contribution in [3.8, 4) is 0 Å². The number of nitrogens with one attached hydrogen (secondary N) is 1. The monoisotopic (exact) mass is 185 g/mol. The van der Waals surface area contributed by atoms with Gasteiger partial charge >= 0.3 is 5.97 Å². The molecule has 1 rings (SSSR count). The van der Waals surface area contributed by atoms with Crippen LogP contribution in [0.25, 0.3) is 0 Å². The van der Waals surface area contributed by atoms with Crippen molar-refractivity contribution in [2.24, 2.45) is 11.8 Å². The third-order valence-electron chi connectivity index (χ3n) is 2.80. The Morgan fingerprint density at radius 2 is 2.31 bits per heavy atom. The molecule has 76 valence electrons. The van der Waals surface area contributed by atoms with E-state index in [1.807, 2.05) is 0 Å². The summed E-state index contributed by atoms with van der Waals surface area (Å²) < 4.78 is 0. The highest BCUT2D eigenvalue weighted by atomic mass is 16.4. The van der Waals surface area contributed by atoms with E-state index in [9.17, 15) is 4.79 Å². The van der Waals surface area contributed by atoms with Crippen molar-refractivity contribution < 1.29 is 9.90 Å². The van der Waals surface area contributed by atoms with Gasteiger partial charge < -0.3 is 10.4 Å². The molecule has 1 fully saturated rings. The van der Waals surface area contributed by atoms with Crippen molar-refractivity contribution in [2.75, 3.05) is 13.1 Å². The van der Waals surface area contributed by atoms with Gasteiger partial charge in [0.1, 0.15) is 0 Å². The zero-order valence-electron chi connectivity index (χ0n) is 8.25. The van der Waals surface area contributed by atoms with Crippen LogP contribution in [0.5, 0.6) is 0 Å². The van der Waals surface area contributed by atoms with E-state index in [1.54, 1.807) is 6.92 Å². The van der Waals surface area contributed by atoms with Crippen LogP contribution in [0.4, 0.5) is 0 Å². The van der Waals surface area contributed by atoms with Gasteiger partial charge in [0.05, 0.1) is 5.92 Å². The van der Waals surface area contributed by atoms with Crippen molar-refractivity contribution >= 4 is 5.97 Å². The lowest BCUT2D eigenvalue weighted by Gasteiger charge is -2.15. The highest BCUT2D eigenvalue weighted by molar-refractivity contribution is 5.69. The summed E-state index contributed by atoms with van der Waals surface area (Å²) in [5.74, 6) is -0.221. The topological polar surface area (TPSA) is 49.3 Å². The molecule has 0 aromatic heterocycles. The molecular formula is C10H19NO2. The molecule has 1 aliphatic heterocycles. The summed E-state index contributed by atoms with van der Waals surface area (Å²) in [6.07, 6.45) is 4.36. The molecule has 13 heavy (non-hydrogen) atoms. The summed E-state index contributed by atoms with van der Waals surface area (Å²) >= 11 is 0. The van der Waals surface area contributed by atoms with Crippen LogP contribution in [0.1, 0.15) is 32.6 Å². The normalized spacial score (nSPS) is 26.4. The molecule has 0 spiro atoms. The van der Waals surface area contributed by atoms with Crippen LogP contribution in [0.3, 0.4) is 0 Å². The van der Waals surface area contributed by atoms with Gasteiger partial charge in [0.2, 0.25) is 0 Å². The minimum Gasteiger partial charge on any atom is -0.481 e. The first-order chi connectivity index (χ1) is 6.20. The lowest BCUT2D eigenvalue weighted by molar-refractivity contribution is -0.141. The summed E-state index contributed by atoms with van der Waals surface area (Å²) in [6.45, 7) is 3.95. The minimum absolute atomic E-state index is 0.178. The first kappa shape index (κ1) is 10.5. The molecule has 0 saturated carbocycles. The molecule has 1 aliphatic rings. The fourth-order valence-electron chi connectivity index (χ4n) is 1.93. The summed E-state index contributed by atoms with van der Waals surface area (Å²) in [5, 5.41) is 12.1. The Balaban J connectivity index is 2.29. The van der Waals surface area contributed by atoms with E-state index in [-0.39, 0.29) is 5.92 Å². The van der Waals surface area contributed by atoms with Crippen LogP contribution in [-0.2, 0) is 4.79 Å². The third kappa shape index (κ3) is 3.77. The molecule has 0 bridgehead atoms. The van der Waals surface area contributed by atoms with Gasteiger partial charge in [-0.15, -0.1) is 0 Å². The molecule has 1 saturated heterocycles. The molecule has 1 heterocycles. The summed E-state index contributed by atoms with van der Waals surface area (Å²) in [4.78, 5) is 10.6. The number of carboxylic acid groups (broad SMARTS) is 1. The molecule has 0 aliphatic carbocycles. The second kappa shape index (κ2) is 5.22. The van der Waals surface area contributed by atoms with Gasteiger partial charge in [0.15, 0.2) is 0 Å². The van der Waals surface area contributed by atoms with E-state index in [1.165, 1.54) is 12.8 Å². The lowest BCUT2D eigenvalue weighted by Crippen LogP contribution is -2.17. The standard InChI is InChI=1S/C10H19NO2/c1-8(10(12)13)7-9-3-2-5-11-6-4-9/h8-9,11H,2-7H2,1H3,(H,12,13). The number of hydrogen-bond acceptors (Lipinski definition) is 2. The number of carbonyl (C=O) groups is 1. The molecule has 2 N–H and O–H groups in total. The van der Waals surface area contributed by atoms with Crippen molar-refractivity contribution in [3.63, 3.8) is 0 Å². The number of rotatable bonds is 3. The van der Waals surface area contributed by atoms with Gasteiger partial charge in [-0.2, -0.15) is 0 Å². The van der Waals surface area contributed by atoms with Crippen LogP contribution in [0, 0.1) is 11.8 Å². The van der Waals surface area contributed by atoms with E-state index in [0.29, 0.717) is 5.92 Å². The Morgan fingerprint density at radius 3 is 3.00 bits per heavy atom. The smallest absolute Gasteiger partial charge is 0.306 e. The first-order valence-electron chi connectivity index (χ1n) is 5.13. The third-order valence-corrected chi connectivity index (χ3v) is 2.80. The molecule has 3 heteroatoms. The molecule has 0 aromatic rings. The van der Waals surface area contributed by atoms with Gasteiger partial charge in [-0.1, -0.05) is 6.92 Å². The lowest BCUT2D eigenvalue weighted by atomic mass is 9.90. The molecule has 2 atom stereocenters. The minimum atomic E-state index is -0.655. The van der Waals surface area contributed by atoms with Crippen molar-refractivity contribution in [2.45, 2.75) is 32.6 Å². The predicted octanol–water partition coefficient (Wildman–Crippen LogP) is 1.49. The van der Waals surface area contributed by atoms with Crippen LogP contribution in [0.15, 0.2) is 0 Å². The summed E-state index contributed by atoms with van der Waals surface area (Å²) in [6, 6.07) is 0. The van der Waals surface area contributed by atoms with Gasteiger partial charge in [0.25, 0.3) is 0 Å². The predicted molar refractivity (Wildman–Crippen MR) is 51.6 cm³/mol. The maximum absolute atomic E-state index is 10.6. The van der Waals surface area contributed by atoms with Gasteiger partial charge in [-0.3, -0.25) is 4.79 Å². The molecule has 3 nitrogen and oxygen atoms in total. The van der Waals surface area contributed by atoms with Crippen LogP contribution >= 0.6 is 0 Å². The Kier molecular flexibility index (Phi) is 4.22. The Labute approximate surface area is 79.5 Å². The maximum atomic E-state index is 10.6. The average molecular weight is 185 g/mol. The van der Waals surface area contributed by atoms with E-state index >= 15 is 0 Å². The zero-order chi connectivity index (χ0) is 9.68. The SMILES string of the molecule is CC(CC1CCCNCC1)C(=O)O. The van der Waals surface area contributed by atoms with Gasteiger partial charge in [-0.25, -0.2) is 0 Å². The molecule has 0 radical (unpaired) electrons. The quantitative estimate of drug-likeness (QED) is 0.700. The van der Waals surface area contributed by atoms with E-state index < -0.39 is 5.97 Å². The summed E-state index contributed by atoms with van der Waals surface area (Å²) in [5.41, 5.74) is 0.